The molecule has 0 radical (unpaired) electrons. The SMILES string of the molecule is CN(C(=O)Cc1cccc2ccccc12)c1ccccc1C(=O)NCc1ccccc1. The molecule has 0 bridgehead atoms. The van der Waals surface area contributed by atoms with E-state index >= 15 is 0 Å². The summed E-state index contributed by atoms with van der Waals surface area (Å²) < 4.78 is 0. The normalized spacial score (nSPS) is 10.6. The molecule has 4 aromatic rings. The third kappa shape index (κ3) is 4.64. The molecule has 0 aliphatic carbocycles. The molecule has 0 fully saturated rings. The Labute approximate surface area is 182 Å². The van der Waals surface area contributed by atoms with E-state index in [2.05, 4.69) is 5.32 Å². The molecule has 0 heterocycles. The maximum Gasteiger partial charge on any atom is 0.253 e. The zero-order chi connectivity index (χ0) is 21.6. The fourth-order valence-electron chi connectivity index (χ4n) is 3.69. The predicted molar refractivity (Wildman–Crippen MR) is 125 cm³/mol. The number of anilines is 1. The average molecular weight is 409 g/mol. The summed E-state index contributed by atoms with van der Waals surface area (Å²) in [7, 11) is 1.72. The Kier molecular flexibility index (Phi) is 6.08. The number of carbonyl (C=O) groups is 2. The quantitative estimate of drug-likeness (QED) is 0.489. The molecule has 31 heavy (non-hydrogen) atoms. The molecule has 2 amide bonds. The van der Waals surface area contributed by atoms with Crippen LogP contribution in [0.25, 0.3) is 10.8 Å². The van der Waals surface area contributed by atoms with Gasteiger partial charge in [0.2, 0.25) is 5.91 Å². The topological polar surface area (TPSA) is 49.4 Å². The van der Waals surface area contributed by atoms with E-state index in [1.54, 1.807) is 24.1 Å². The zero-order valence-corrected chi connectivity index (χ0v) is 17.4. The van der Waals surface area contributed by atoms with Crippen molar-refractivity contribution >= 4 is 28.3 Å². The second-order valence-electron chi connectivity index (χ2n) is 7.45. The summed E-state index contributed by atoms with van der Waals surface area (Å²) >= 11 is 0. The van der Waals surface area contributed by atoms with Gasteiger partial charge in [-0.2, -0.15) is 0 Å². The van der Waals surface area contributed by atoms with E-state index in [0.29, 0.717) is 17.8 Å². The van der Waals surface area contributed by atoms with Crippen LogP contribution in [0.4, 0.5) is 5.69 Å². The van der Waals surface area contributed by atoms with Gasteiger partial charge in [-0.3, -0.25) is 9.59 Å². The lowest BCUT2D eigenvalue weighted by Gasteiger charge is -2.21. The lowest BCUT2D eigenvalue weighted by atomic mass is 10.0. The van der Waals surface area contributed by atoms with Gasteiger partial charge in [0.15, 0.2) is 0 Å². The van der Waals surface area contributed by atoms with Gasteiger partial charge in [-0.15, -0.1) is 0 Å². The van der Waals surface area contributed by atoms with Crippen LogP contribution in [0.1, 0.15) is 21.5 Å². The first kappa shape index (κ1) is 20.4. The number of hydrogen-bond acceptors (Lipinski definition) is 2. The van der Waals surface area contributed by atoms with Crippen molar-refractivity contribution < 1.29 is 9.59 Å². The van der Waals surface area contributed by atoms with E-state index in [-0.39, 0.29) is 18.2 Å². The first-order chi connectivity index (χ1) is 15.1. The maximum atomic E-state index is 13.1. The van der Waals surface area contributed by atoms with Gasteiger partial charge in [-0.1, -0.05) is 84.9 Å². The number of para-hydroxylation sites is 1. The summed E-state index contributed by atoms with van der Waals surface area (Å²) in [5.41, 5.74) is 3.07. The standard InChI is InChI=1S/C27H24N2O2/c1-29(26(30)18-22-14-9-13-21-12-5-6-15-23(21)22)25-17-8-7-16-24(25)27(31)28-19-20-10-3-2-4-11-20/h2-17H,18-19H2,1H3,(H,28,31). The Bertz CT molecular complexity index is 1210. The smallest absolute Gasteiger partial charge is 0.253 e. The molecular formula is C27H24N2O2. The van der Waals surface area contributed by atoms with Crippen molar-refractivity contribution in [2.45, 2.75) is 13.0 Å². The van der Waals surface area contributed by atoms with Crippen molar-refractivity contribution in [2.75, 3.05) is 11.9 Å². The van der Waals surface area contributed by atoms with Crippen molar-refractivity contribution in [1.82, 2.24) is 5.32 Å². The largest absolute Gasteiger partial charge is 0.348 e. The van der Waals surface area contributed by atoms with Crippen LogP contribution in [0.15, 0.2) is 97.1 Å². The van der Waals surface area contributed by atoms with E-state index in [1.165, 1.54) is 0 Å². The number of rotatable bonds is 6. The fraction of sp³-hybridized carbons (Fsp3) is 0.111. The summed E-state index contributed by atoms with van der Waals surface area (Å²) in [5, 5.41) is 5.12. The Morgan fingerprint density at radius 2 is 1.45 bits per heavy atom. The molecule has 0 spiro atoms. The monoisotopic (exact) mass is 408 g/mol. The molecule has 1 N–H and O–H groups in total. The molecule has 0 saturated carbocycles. The molecule has 4 aromatic carbocycles. The van der Waals surface area contributed by atoms with E-state index in [4.69, 9.17) is 0 Å². The first-order valence-corrected chi connectivity index (χ1v) is 10.3. The third-order valence-electron chi connectivity index (χ3n) is 5.40. The number of likely N-dealkylation sites (N-methyl/N-ethyl adjacent to an activating group) is 1. The van der Waals surface area contributed by atoms with Crippen LogP contribution >= 0.6 is 0 Å². The molecule has 0 atom stereocenters. The number of carbonyl (C=O) groups excluding carboxylic acids is 2. The number of benzene rings is 4. The molecule has 4 nitrogen and oxygen atoms in total. The van der Waals surface area contributed by atoms with Crippen LogP contribution in [-0.2, 0) is 17.8 Å². The number of nitrogens with zero attached hydrogens (tertiary/aromatic N) is 1. The summed E-state index contributed by atoms with van der Waals surface area (Å²) in [6, 6.07) is 31.0. The number of nitrogens with one attached hydrogen (secondary N) is 1. The van der Waals surface area contributed by atoms with Crippen molar-refractivity contribution in [3.05, 3.63) is 114 Å². The molecule has 0 aromatic heterocycles. The second kappa shape index (κ2) is 9.26. The van der Waals surface area contributed by atoms with Crippen LogP contribution in [-0.4, -0.2) is 18.9 Å². The Hall–Kier alpha value is -3.92. The predicted octanol–water partition coefficient (Wildman–Crippen LogP) is 4.98. The molecule has 4 heteroatoms. The second-order valence-corrected chi connectivity index (χ2v) is 7.45. The van der Waals surface area contributed by atoms with Crippen LogP contribution in [0.2, 0.25) is 0 Å². The van der Waals surface area contributed by atoms with Gasteiger partial charge in [0.25, 0.3) is 5.91 Å². The summed E-state index contributed by atoms with van der Waals surface area (Å²) in [5.74, 6) is -0.274. The molecule has 0 unspecified atom stereocenters. The number of fused-ring (bicyclic) bond motifs is 1. The highest BCUT2D eigenvalue weighted by atomic mass is 16.2. The van der Waals surface area contributed by atoms with Crippen molar-refractivity contribution in [3.8, 4) is 0 Å². The van der Waals surface area contributed by atoms with E-state index < -0.39 is 0 Å². The highest BCUT2D eigenvalue weighted by molar-refractivity contribution is 6.05. The van der Waals surface area contributed by atoms with Gasteiger partial charge in [0.1, 0.15) is 0 Å². The average Bonchev–Trinajstić information content (AvgIpc) is 2.83. The Morgan fingerprint density at radius 3 is 2.29 bits per heavy atom. The highest BCUT2D eigenvalue weighted by Gasteiger charge is 2.19. The summed E-state index contributed by atoms with van der Waals surface area (Å²) in [6.45, 7) is 0.432. The van der Waals surface area contributed by atoms with Crippen molar-refractivity contribution in [2.24, 2.45) is 0 Å². The molecule has 0 aliphatic rings. The minimum Gasteiger partial charge on any atom is -0.348 e. The van der Waals surface area contributed by atoms with Gasteiger partial charge in [-0.05, 0) is 34.0 Å². The minimum atomic E-state index is -0.204. The molecule has 154 valence electrons. The summed E-state index contributed by atoms with van der Waals surface area (Å²) in [6.07, 6.45) is 0.262. The highest BCUT2D eigenvalue weighted by Crippen LogP contribution is 2.23. The third-order valence-corrected chi connectivity index (χ3v) is 5.40. The fourth-order valence-corrected chi connectivity index (χ4v) is 3.69. The maximum absolute atomic E-state index is 13.1. The Balaban J connectivity index is 1.52. The van der Waals surface area contributed by atoms with Gasteiger partial charge in [-0.25, -0.2) is 0 Å². The van der Waals surface area contributed by atoms with Crippen LogP contribution in [0, 0.1) is 0 Å². The van der Waals surface area contributed by atoms with Gasteiger partial charge in [0.05, 0.1) is 17.7 Å². The minimum absolute atomic E-state index is 0.0698. The van der Waals surface area contributed by atoms with E-state index in [1.807, 2.05) is 84.9 Å². The first-order valence-electron chi connectivity index (χ1n) is 10.3. The van der Waals surface area contributed by atoms with E-state index in [9.17, 15) is 9.59 Å². The molecule has 4 rings (SSSR count). The lowest BCUT2D eigenvalue weighted by Crippen LogP contribution is -2.31. The van der Waals surface area contributed by atoms with Crippen LogP contribution in [0.5, 0.6) is 0 Å². The number of amides is 2. The summed E-state index contributed by atoms with van der Waals surface area (Å²) in [4.78, 5) is 27.5. The van der Waals surface area contributed by atoms with Gasteiger partial charge < -0.3 is 10.2 Å². The molecular weight excluding hydrogens is 384 g/mol. The van der Waals surface area contributed by atoms with Gasteiger partial charge in [0, 0.05) is 13.6 Å². The van der Waals surface area contributed by atoms with Crippen LogP contribution in [0.3, 0.4) is 0 Å². The van der Waals surface area contributed by atoms with E-state index in [0.717, 1.165) is 21.9 Å². The molecule has 0 saturated heterocycles. The van der Waals surface area contributed by atoms with Crippen molar-refractivity contribution in [3.63, 3.8) is 0 Å². The lowest BCUT2D eigenvalue weighted by molar-refractivity contribution is -0.117. The van der Waals surface area contributed by atoms with Crippen molar-refractivity contribution in [1.29, 1.82) is 0 Å². The number of hydrogen-bond donors (Lipinski definition) is 1. The molecule has 0 aliphatic heterocycles. The van der Waals surface area contributed by atoms with Crippen LogP contribution < -0.4 is 10.2 Å². The zero-order valence-electron chi connectivity index (χ0n) is 17.4. The Morgan fingerprint density at radius 1 is 0.774 bits per heavy atom. The van der Waals surface area contributed by atoms with Gasteiger partial charge >= 0.3 is 0 Å².